The van der Waals surface area contributed by atoms with Crippen LogP contribution in [0.15, 0.2) is 10.5 Å². The summed E-state index contributed by atoms with van der Waals surface area (Å²) in [4.78, 5) is 22.8. The van der Waals surface area contributed by atoms with Crippen LogP contribution in [0.2, 0.25) is 0 Å². The molecule has 0 aliphatic heterocycles. The summed E-state index contributed by atoms with van der Waals surface area (Å²) in [7, 11) is 0. The molecule has 1 amide bonds. The van der Waals surface area contributed by atoms with Crippen molar-refractivity contribution in [1.82, 2.24) is 5.32 Å². The Bertz CT molecular complexity index is 441. The predicted octanol–water partition coefficient (Wildman–Crippen LogP) is 0.498. The maximum Gasteiger partial charge on any atom is 0.255 e. The van der Waals surface area contributed by atoms with Gasteiger partial charge in [-0.25, -0.2) is 0 Å². The molecule has 0 fully saturated rings. The number of carbonyl (C=O) groups excluding carboxylic acids is 2. The number of thioether (sulfide) groups is 1. The summed E-state index contributed by atoms with van der Waals surface area (Å²) in [5.41, 5.74) is 0.364. The molecular formula is C12H16NO4S-. The van der Waals surface area contributed by atoms with Gasteiger partial charge in [-0.1, -0.05) is 0 Å². The lowest BCUT2D eigenvalue weighted by Gasteiger charge is -2.18. The van der Waals surface area contributed by atoms with Crippen LogP contribution in [-0.4, -0.2) is 29.9 Å². The van der Waals surface area contributed by atoms with E-state index >= 15 is 0 Å². The van der Waals surface area contributed by atoms with Crippen LogP contribution in [0.5, 0.6) is 0 Å². The quantitative estimate of drug-likeness (QED) is 0.814. The van der Waals surface area contributed by atoms with E-state index in [0.29, 0.717) is 29.3 Å². The third-order valence-electron chi connectivity index (χ3n) is 2.49. The highest BCUT2D eigenvalue weighted by Gasteiger charge is 2.18. The highest BCUT2D eigenvalue weighted by atomic mass is 32.2. The lowest BCUT2D eigenvalue weighted by Crippen LogP contribution is -2.48. The van der Waals surface area contributed by atoms with Gasteiger partial charge in [0.1, 0.15) is 11.5 Å². The van der Waals surface area contributed by atoms with Gasteiger partial charge in [0.15, 0.2) is 0 Å². The van der Waals surface area contributed by atoms with Gasteiger partial charge in [-0.15, -0.1) is 0 Å². The molecule has 0 saturated heterocycles. The fourth-order valence-electron chi connectivity index (χ4n) is 1.58. The van der Waals surface area contributed by atoms with Gasteiger partial charge < -0.3 is 19.6 Å². The van der Waals surface area contributed by atoms with Gasteiger partial charge in [0.25, 0.3) is 5.91 Å². The molecule has 0 unspecified atom stereocenters. The van der Waals surface area contributed by atoms with Crippen molar-refractivity contribution in [2.75, 3.05) is 12.0 Å². The maximum absolute atomic E-state index is 11.9. The number of amides is 1. The summed E-state index contributed by atoms with van der Waals surface area (Å²) in [5, 5.41) is 13.4. The molecule has 1 aromatic heterocycles. The Morgan fingerprint density at radius 2 is 2.17 bits per heavy atom. The van der Waals surface area contributed by atoms with Crippen LogP contribution in [0.3, 0.4) is 0 Å². The first-order valence-corrected chi connectivity index (χ1v) is 6.92. The SMILES string of the molecule is CSCC[C@H](NC(=O)c1cc(C)oc1C)C(=O)[O-]. The molecule has 0 radical (unpaired) electrons. The van der Waals surface area contributed by atoms with E-state index in [9.17, 15) is 14.7 Å². The summed E-state index contributed by atoms with van der Waals surface area (Å²) >= 11 is 1.52. The van der Waals surface area contributed by atoms with Gasteiger partial charge in [-0.3, -0.25) is 4.79 Å². The van der Waals surface area contributed by atoms with Gasteiger partial charge in [0.2, 0.25) is 0 Å². The average Bonchev–Trinajstić information content (AvgIpc) is 2.63. The van der Waals surface area contributed by atoms with E-state index in [1.165, 1.54) is 11.8 Å². The first-order valence-electron chi connectivity index (χ1n) is 5.53. The zero-order chi connectivity index (χ0) is 13.7. The minimum atomic E-state index is -1.27. The highest BCUT2D eigenvalue weighted by Crippen LogP contribution is 2.14. The molecule has 0 aliphatic rings. The standard InChI is InChI=1S/C12H17NO4S/c1-7-6-9(8(2)17-7)11(14)13-10(12(15)16)4-5-18-3/h6,10H,4-5H2,1-3H3,(H,13,14)(H,15,16)/p-1/t10-/m0/s1. The fourth-order valence-corrected chi connectivity index (χ4v) is 2.05. The van der Waals surface area contributed by atoms with E-state index in [1.807, 2.05) is 6.26 Å². The Labute approximate surface area is 110 Å². The van der Waals surface area contributed by atoms with Gasteiger partial charge in [-0.2, -0.15) is 11.8 Å². The van der Waals surface area contributed by atoms with E-state index in [2.05, 4.69) is 5.32 Å². The van der Waals surface area contributed by atoms with Crippen molar-refractivity contribution >= 4 is 23.6 Å². The maximum atomic E-state index is 11.9. The number of aryl methyl sites for hydroxylation is 2. The summed E-state index contributed by atoms with van der Waals surface area (Å²) in [6.45, 7) is 3.39. The highest BCUT2D eigenvalue weighted by molar-refractivity contribution is 7.98. The largest absolute Gasteiger partial charge is 0.548 e. The van der Waals surface area contributed by atoms with E-state index in [1.54, 1.807) is 19.9 Å². The van der Waals surface area contributed by atoms with Crippen molar-refractivity contribution in [2.24, 2.45) is 0 Å². The van der Waals surface area contributed by atoms with E-state index in [4.69, 9.17) is 4.42 Å². The number of carboxylic acid groups (broad SMARTS) is 1. The monoisotopic (exact) mass is 270 g/mol. The average molecular weight is 270 g/mol. The van der Waals surface area contributed by atoms with Gasteiger partial charge >= 0.3 is 0 Å². The smallest absolute Gasteiger partial charge is 0.255 e. The fraction of sp³-hybridized carbons (Fsp3) is 0.500. The van der Waals surface area contributed by atoms with Crippen LogP contribution >= 0.6 is 11.8 Å². The summed E-state index contributed by atoms with van der Waals surface area (Å²) in [6, 6.07) is 0.616. The van der Waals surface area contributed by atoms with Crippen molar-refractivity contribution in [1.29, 1.82) is 0 Å². The molecule has 1 N–H and O–H groups in total. The molecule has 0 spiro atoms. The predicted molar refractivity (Wildman–Crippen MR) is 67.4 cm³/mol. The minimum absolute atomic E-state index is 0.338. The first-order chi connectivity index (χ1) is 8.45. The number of carbonyl (C=O) groups is 2. The molecule has 0 bridgehead atoms. The van der Waals surface area contributed by atoms with E-state index in [-0.39, 0.29) is 0 Å². The van der Waals surface area contributed by atoms with Crippen molar-refractivity contribution in [3.05, 3.63) is 23.2 Å². The van der Waals surface area contributed by atoms with Crippen LogP contribution < -0.4 is 10.4 Å². The molecule has 1 heterocycles. The number of aliphatic carboxylic acids is 1. The van der Waals surface area contributed by atoms with Crippen molar-refractivity contribution < 1.29 is 19.1 Å². The van der Waals surface area contributed by atoms with Crippen LogP contribution in [0, 0.1) is 13.8 Å². The number of hydrogen-bond acceptors (Lipinski definition) is 5. The Balaban J connectivity index is 2.72. The Kier molecular flexibility index (Phi) is 5.27. The molecule has 5 nitrogen and oxygen atoms in total. The second-order valence-corrected chi connectivity index (χ2v) is 4.94. The van der Waals surface area contributed by atoms with Crippen molar-refractivity contribution in [2.45, 2.75) is 26.3 Å². The number of rotatable bonds is 6. The lowest BCUT2D eigenvalue weighted by molar-refractivity contribution is -0.308. The molecular weight excluding hydrogens is 254 g/mol. The molecule has 6 heteroatoms. The second-order valence-electron chi connectivity index (χ2n) is 3.95. The molecule has 1 atom stereocenters. The number of furan rings is 1. The van der Waals surface area contributed by atoms with E-state index < -0.39 is 17.9 Å². The zero-order valence-corrected chi connectivity index (χ0v) is 11.4. The van der Waals surface area contributed by atoms with Gasteiger partial charge in [-0.05, 0) is 38.3 Å². The minimum Gasteiger partial charge on any atom is -0.548 e. The topological polar surface area (TPSA) is 82.4 Å². The third kappa shape index (κ3) is 3.80. The Hall–Kier alpha value is -1.43. The Morgan fingerprint density at radius 1 is 1.50 bits per heavy atom. The van der Waals surface area contributed by atoms with Crippen molar-refractivity contribution in [3.63, 3.8) is 0 Å². The lowest BCUT2D eigenvalue weighted by atomic mass is 10.2. The second kappa shape index (κ2) is 6.49. The van der Waals surface area contributed by atoms with Crippen LogP contribution in [0.4, 0.5) is 0 Å². The molecule has 0 aliphatic carbocycles. The van der Waals surface area contributed by atoms with Crippen LogP contribution in [0.25, 0.3) is 0 Å². The molecule has 1 aromatic rings. The number of nitrogens with one attached hydrogen (secondary N) is 1. The Morgan fingerprint density at radius 3 is 2.61 bits per heavy atom. The van der Waals surface area contributed by atoms with Crippen LogP contribution in [-0.2, 0) is 4.79 Å². The molecule has 18 heavy (non-hydrogen) atoms. The molecule has 0 aromatic carbocycles. The molecule has 0 saturated carbocycles. The number of carboxylic acids is 1. The van der Waals surface area contributed by atoms with Crippen molar-refractivity contribution in [3.8, 4) is 0 Å². The first kappa shape index (κ1) is 14.6. The summed E-state index contributed by atoms with van der Waals surface area (Å²) in [6.07, 6.45) is 2.21. The molecule has 1 rings (SSSR count). The van der Waals surface area contributed by atoms with Gasteiger partial charge in [0, 0.05) is 0 Å². The van der Waals surface area contributed by atoms with Crippen LogP contribution in [0.1, 0.15) is 28.3 Å². The summed E-state index contributed by atoms with van der Waals surface area (Å²) < 4.78 is 5.23. The zero-order valence-electron chi connectivity index (χ0n) is 10.6. The molecule has 100 valence electrons. The normalized spacial score (nSPS) is 12.2. The van der Waals surface area contributed by atoms with E-state index in [0.717, 1.165) is 0 Å². The van der Waals surface area contributed by atoms with Gasteiger partial charge in [0.05, 0.1) is 17.6 Å². The third-order valence-corrected chi connectivity index (χ3v) is 3.13. The summed E-state index contributed by atoms with van der Waals surface area (Å²) in [5.74, 6) is 0.0242. The number of hydrogen-bond donors (Lipinski definition) is 1.